The Balaban J connectivity index is 4.38. The van der Waals surface area contributed by atoms with Gasteiger partial charge >= 0.3 is 0 Å². The molecule has 1 nitrogen and oxygen atoms in total. The van der Waals surface area contributed by atoms with E-state index in [-0.39, 0.29) is 0 Å². The van der Waals surface area contributed by atoms with E-state index < -0.39 is 8.07 Å². The summed E-state index contributed by atoms with van der Waals surface area (Å²) in [5.41, 5.74) is 6.68. The molecule has 1 atom stereocenters. The topological polar surface area (TPSA) is 26.0 Å². The van der Waals surface area contributed by atoms with E-state index in [0.29, 0.717) is 5.67 Å². The van der Waals surface area contributed by atoms with E-state index >= 15 is 0 Å². The number of rotatable bonds is 7. The predicted molar refractivity (Wildman–Crippen MR) is 64.7 cm³/mol. The van der Waals surface area contributed by atoms with Crippen LogP contribution in [0.4, 0.5) is 0 Å². The zero-order valence-corrected chi connectivity index (χ0v) is 10.9. The lowest BCUT2D eigenvalue weighted by molar-refractivity contribution is 0.835. The van der Waals surface area contributed by atoms with Crippen LogP contribution in [0.2, 0.25) is 18.1 Å². The largest absolute Gasteiger partial charge is 0.330 e. The molecule has 0 aromatic heterocycles. The fourth-order valence-electron chi connectivity index (χ4n) is 2.55. The molecular weight excluding hydrogens is 174 g/mol. The van der Waals surface area contributed by atoms with Gasteiger partial charge in [0, 0.05) is 0 Å². The molecule has 13 heavy (non-hydrogen) atoms. The van der Waals surface area contributed by atoms with Gasteiger partial charge in [0.15, 0.2) is 0 Å². The summed E-state index contributed by atoms with van der Waals surface area (Å²) in [7, 11) is -1.10. The molecule has 2 N–H and O–H groups in total. The molecule has 0 saturated heterocycles. The minimum atomic E-state index is -1.10. The molecule has 1 unspecified atom stereocenters. The van der Waals surface area contributed by atoms with Crippen molar-refractivity contribution >= 4 is 8.07 Å². The summed E-state index contributed by atoms with van der Waals surface area (Å²) in [6.45, 7) is 9.15. The van der Waals surface area contributed by atoms with Gasteiger partial charge in [-0.15, -0.1) is 0 Å². The Morgan fingerprint density at radius 1 is 0.923 bits per heavy atom. The predicted octanol–water partition coefficient (Wildman–Crippen LogP) is 3.55. The summed E-state index contributed by atoms with van der Waals surface area (Å²) in [5, 5.41) is 0. The van der Waals surface area contributed by atoms with Crippen LogP contribution in [0.1, 0.15) is 47.0 Å². The highest BCUT2D eigenvalue weighted by Crippen LogP contribution is 2.28. The van der Waals surface area contributed by atoms with Crippen molar-refractivity contribution in [2.24, 2.45) is 5.73 Å². The van der Waals surface area contributed by atoms with E-state index in [1.54, 1.807) is 0 Å². The molecule has 0 heterocycles. The van der Waals surface area contributed by atoms with Gasteiger partial charge in [-0.2, -0.15) is 0 Å². The molecule has 0 aliphatic heterocycles. The third-order valence-corrected chi connectivity index (χ3v) is 9.63. The third kappa shape index (κ3) is 3.82. The molecule has 0 saturated carbocycles. The van der Waals surface area contributed by atoms with Crippen molar-refractivity contribution in [2.75, 3.05) is 0 Å². The summed E-state index contributed by atoms with van der Waals surface area (Å²) in [4.78, 5) is 0. The molecule has 0 aliphatic carbocycles. The van der Waals surface area contributed by atoms with E-state index in [2.05, 4.69) is 27.7 Å². The normalized spacial score (nSPS) is 14.5. The molecular formula is C11H27NSi. The second-order valence-electron chi connectivity index (χ2n) is 4.40. The zero-order valence-electron chi connectivity index (χ0n) is 9.90. The summed E-state index contributed by atoms with van der Waals surface area (Å²) >= 11 is 0. The van der Waals surface area contributed by atoms with Crippen LogP contribution in [0.5, 0.6) is 0 Å². The maximum atomic E-state index is 6.19. The van der Waals surface area contributed by atoms with Crippen LogP contribution in [0.25, 0.3) is 0 Å². The first-order chi connectivity index (χ1) is 6.13. The van der Waals surface area contributed by atoms with Crippen LogP contribution < -0.4 is 5.73 Å². The van der Waals surface area contributed by atoms with Crippen molar-refractivity contribution in [1.29, 1.82) is 0 Å². The van der Waals surface area contributed by atoms with Gasteiger partial charge in [-0.05, 0) is 5.67 Å². The van der Waals surface area contributed by atoms with Gasteiger partial charge in [-0.25, -0.2) is 0 Å². The molecule has 0 amide bonds. The molecule has 0 rings (SSSR count). The minimum Gasteiger partial charge on any atom is -0.330 e. The fourth-order valence-corrected chi connectivity index (χ4v) is 7.66. The quantitative estimate of drug-likeness (QED) is 0.626. The minimum absolute atomic E-state index is 0.493. The average molecular weight is 201 g/mol. The third-order valence-electron chi connectivity index (χ3n) is 3.21. The van der Waals surface area contributed by atoms with Crippen LogP contribution in [0.3, 0.4) is 0 Å². The molecule has 0 spiro atoms. The first-order valence-corrected chi connectivity index (χ1v) is 8.58. The van der Waals surface area contributed by atoms with Gasteiger partial charge in [0.2, 0.25) is 0 Å². The van der Waals surface area contributed by atoms with E-state index in [1.165, 1.54) is 37.4 Å². The van der Waals surface area contributed by atoms with Gasteiger partial charge in [-0.1, -0.05) is 65.1 Å². The molecule has 0 bridgehead atoms. The molecule has 0 aliphatic rings. The number of hydrogen-bond donors (Lipinski definition) is 1. The van der Waals surface area contributed by atoms with Crippen LogP contribution in [-0.2, 0) is 0 Å². The summed E-state index contributed by atoms with van der Waals surface area (Å²) in [6, 6.07) is 4.31. The van der Waals surface area contributed by atoms with E-state index in [0.717, 1.165) is 0 Å². The van der Waals surface area contributed by atoms with Crippen LogP contribution in [0.15, 0.2) is 0 Å². The van der Waals surface area contributed by atoms with Gasteiger partial charge in [0.25, 0.3) is 0 Å². The van der Waals surface area contributed by atoms with Gasteiger partial charge in [-0.3, -0.25) is 0 Å². The second-order valence-corrected chi connectivity index (χ2v) is 9.54. The fraction of sp³-hybridized carbons (Fsp3) is 1.00. The molecule has 0 fully saturated rings. The van der Waals surface area contributed by atoms with Crippen LogP contribution >= 0.6 is 0 Å². The van der Waals surface area contributed by atoms with Crippen molar-refractivity contribution in [3.05, 3.63) is 0 Å². The number of nitrogens with two attached hydrogens (primary N) is 1. The maximum Gasteiger partial charge on any atom is 0.0719 e. The van der Waals surface area contributed by atoms with Crippen LogP contribution in [0, 0.1) is 0 Å². The monoisotopic (exact) mass is 201 g/mol. The summed E-state index contributed by atoms with van der Waals surface area (Å²) < 4.78 is 0. The van der Waals surface area contributed by atoms with E-state index in [1.807, 2.05) is 0 Å². The lowest BCUT2D eigenvalue weighted by Gasteiger charge is -2.35. The summed E-state index contributed by atoms with van der Waals surface area (Å²) in [5.74, 6) is 0. The standard InChI is InChI=1S/C11H27NSi/c1-5-8-13(9-6-2,10-7-3)11(4)12/h11H,5-10,12H2,1-4H3. The first-order valence-electron chi connectivity index (χ1n) is 5.88. The lowest BCUT2D eigenvalue weighted by atomic mass is 10.5. The highest BCUT2D eigenvalue weighted by Gasteiger charge is 2.33. The maximum absolute atomic E-state index is 6.19. The van der Waals surface area contributed by atoms with E-state index in [4.69, 9.17) is 5.73 Å². The van der Waals surface area contributed by atoms with Gasteiger partial charge in [0.05, 0.1) is 8.07 Å². The van der Waals surface area contributed by atoms with Gasteiger partial charge in [0.1, 0.15) is 0 Å². The van der Waals surface area contributed by atoms with Crippen molar-refractivity contribution in [3.63, 3.8) is 0 Å². The Hall–Kier alpha value is 0.177. The smallest absolute Gasteiger partial charge is 0.0719 e. The zero-order chi connectivity index (χ0) is 10.3. The molecule has 0 aromatic carbocycles. The van der Waals surface area contributed by atoms with Crippen molar-refractivity contribution in [2.45, 2.75) is 70.8 Å². The highest BCUT2D eigenvalue weighted by atomic mass is 28.3. The Kier molecular flexibility index (Phi) is 6.69. The average Bonchev–Trinajstić information content (AvgIpc) is 2.05. The molecule has 2 heteroatoms. The Morgan fingerprint density at radius 2 is 1.23 bits per heavy atom. The molecule has 80 valence electrons. The Morgan fingerprint density at radius 3 is 1.38 bits per heavy atom. The van der Waals surface area contributed by atoms with Crippen molar-refractivity contribution < 1.29 is 0 Å². The van der Waals surface area contributed by atoms with E-state index in [9.17, 15) is 0 Å². The molecule has 0 radical (unpaired) electrons. The highest BCUT2D eigenvalue weighted by molar-refractivity contribution is 6.81. The SMILES string of the molecule is CCC[Si](CCC)(CCC)C(C)N. The number of hydrogen-bond acceptors (Lipinski definition) is 1. The first kappa shape index (κ1) is 13.2. The lowest BCUT2D eigenvalue weighted by Crippen LogP contribution is -2.50. The summed E-state index contributed by atoms with van der Waals surface area (Å²) in [6.07, 6.45) is 3.98. The Bertz CT molecular complexity index is 106. The molecule has 0 aromatic rings. The van der Waals surface area contributed by atoms with Crippen molar-refractivity contribution in [3.8, 4) is 0 Å². The van der Waals surface area contributed by atoms with Gasteiger partial charge < -0.3 is 5.73 Å². The second kappa shape index (κ2) is 6.60. The van der Waals surface area contributed by atoms with Crippen LogP contribution in [-0.4, -0.2) is 13.7 Å². The van der Waals surface area contributed by atoms with Crippen molar-refractivity contribution in [1.82, 2.24) is 0 Å². The Labute approximate surface area is 85.1 Å².